The molecule has 24 heavy (non-hydrogen) atoms. The highest BCUT2D eigenvalue weighted by Crippen LogP contribution is 2.20. The summed E-state index contributed by atoms with van der Waals surface area (Å²) < 4.78 is 0. The van der Waals surface area contributed by atoms with Gasteiger partial charge < -0.3 is 4.98 Å². The van der Waals surface area contributed by atoms with Crippen LogP contribution < -0.4 is 5.56 Å². The van der Waals surface area contributed by atoms with Crippen LogP contribution in [0.5, 0.6) is 0 Å². The molecule has 0 fully saturated rings. The molecule has 4 nitrogen and oxygen atoms in total. The van der Waals surface area contributed by atoms with Gasteiger partial charge in [0.1, 0.15) is 5.82 Å². The van der Waals surface area contributed by atoms with Crippen LogP contribution in [0, 0.1) is 0 Å². The Morgan fingerprint density at radius 1 is 1.17 bits per heavy atom. The number of H-pyrrole nitrogens is 1. The predicted molar refractivity (Wildman–Crippen MR) is 100 cm³/mol. The first kappa shape index (κ1) is 16.7. The zero-order chi connectivity index (χ0) is 17.1. The fourth-order valence-corrected chi connectivity index (χ4v) is 3.08. The molecule has 0 spiro atoms. The van der Waals surface area contributed by atoms with Crippen LogP contribution in [0.25, 0.3) is 10.9 Å². The molecule has 0 unspecified atom stereocenters. The van der Waals surface area contributed by atoms with Gasteiger partial charge in [0.05, 0.1) is 16.9 Å². The molecule has 1 N–H and O–H groups in total. The van der Waals surface area contributed by atoms with Gasteiger partial charge in [-0.25, -0.2) is 4.98 Å². The lowest BCUT2D eigenvalue weighted by atomic mass is 10.2. The molecular formula is C19H21N3OS. The van der Waals surface area contributed by atoms with Crippen LogP contribution in [-0.4, -0.2) is 28.2 Å². The first-order valence-electron chi connectivity index (χ1n) is 7.90. The lowest BCUT2D eigenvalue weighted by molar-refractivity contribution is 0.244. The second-order valence-corrected chi connectivity index (χ2v) is 6.79. The number of para-hydroxylation sites is 1. The van der Waals surface area contributed by atoms with E-state index >= 15 is 0 Å². The van der Waals surface area contributed by atoms with Crippen LogP contribution in [0.2, 0.25) is 0 Å². The fraction of sp³-hybridized carbons (Fsp3) is 0.263. The van der Waals surface area contributed by atoms with Crippen LogP contribution in [0.4, 0.5) is 0 Å². The largest absolute Gasteiger partial charge is 0.309 e. The zero-order valence-electron chi connectivity index (χ0n) is 14.1. The van der Waals surface area contributed by atoms with E-state index < -0.39 is 0 Å². The summed E-state index contributed by atoms with van der Waals surface area (Å²) in [6.07, 6.45) is 2.07. The Kier molecular flexibility index (Phi) is 5.02. The number of benzene rings is 2. The second kappa shape index (κ2) is 7.20. The van der Waals surface area contributed by atoms with Crippen molar-refractivity contribution in [1.82, 2.24) is 14.9 Å². The van der Waals surface area contributed by atoms with Crippen molar-refractivity contribution < 1.29 is 0 Å². The Morgan fingerprint density at radius 3 is 2.58 bits per heavy atom. The molecule has 0 saturated carbocycles. The van der Waals surface area contributed by atoms with Gasteiger partial charge in [0.2, 0.25) is 0 Å². The third kappa shape index (κ3) is 3.52. The summed E-state index contributed by atoms with van der Waals surface area (Å²) in [5.74, 6) is 0.696. The topological polar surface area (TPSA) is 49.0 Å². The molecule has 0 saturated heterocycles. The molecule has 3 rings (SSSR count). The highest BCUT2D eigenvalue weighted by Gasteiger charge is 2.15. The summed E-state index contributed by atoms with van der Waals surface area (Å²) in [5, 5.41) is 0.628. The molecule has 0 radical (unpaired) electrons. The summed E-state index contributed by atoms with van der Waals surface area (Å²) in [6, 6.07) is 16.0. The summed E-state index contributed by atoms with van der Waals surface area (Å²) >= 11 is 1.74. The Balaban J connectivity index is 1.82. The van der Waals surface area contributed by atoms with Crippen molar-refractivity contribution in [1.29, 1.82) is 0 Å². The first-order chi connectivity index (χ1) is 11.6. The number of fused-ring (bicyclic) bond motifs is 1. The van der Waals surface area contributed by atoms with Gasteiger partial charge in [-0.05, 0) is 50.1 Å². The van der Waals surface area contributed by atoms with Crippen LogP contribution in [0.1, 0.15) is 24.4 Å². The minimum atomic E-state index is -0.0832. The van der Waals surface area contributed by atoms with Crippen molar-refractivity contribution in [2.75, 3.05) is 13.3 Å². The van der Waals surface area contributed by atoms with E-state index in [1.165, 1.54) is 10.5 Å². The van der Waals surface area contributed by atoms with Crippen molar-refractivity contribution in [2.24, 2.45) is 0 Å². The highest BCUT2D eigenvalue weighted by atomic mass is 32.2. The van der Waals surface area contributed by atoms with E-state index in [1.807, 2.05) is 25.2 Å². The van der Waals surface area contributed by atoms with Crippen molar-refractivity contribution in [2.45, 2.75) is 24.4 Å². The molecule has 0 aliphatic heterocycles. The zero-order valence-corrected chi connectivity index (χ0v) is 14.9. The normalized spacial score (nSPS) is 12.7. The fourth-order valence-electron chi connectivity index (χ4n) is 2.67. The Morgan fingerprint density at radius 2 is 1.88 bits per heavy atom. The third-order valence-electron chi connectivity index (χ3n) is 4.28. The Bertz CT molecular complexity index is 889. The summed E-state index contributed by atoms with van der Waals surface area (Å²) in [7, 11) is 2.04. The number of nitrogens with zero attached hydrogens (tertiary/aromatic N) is 2. The number of rotatable bonds is 5. The lowest BCUT2D eigenvalue weighted by Gasteiger charge is -2.24. The summed E-state index contributed by atoms with van der Waals surface area (Å²) in [4.78, 5) is 23.2. The molecule has 1 aromatic heterocycles. The number of hydrogen-bond acceptors (Lipinski definition) is 4. The molecular weight excluding hydrogens is 318 g/mol. The maximum Gasteiger partial charge on any atom is 0.258 e. The molecule has 3 aromatic rings. The van der Waals surface area contributed by atoms with Gasteiger partial charge in [0.25, 0.3) is 5.56 Å². The standard InChI is InChI=1S/C19H21N3OS/c1-13(22(2)12-14-8-10-15(24-3)11-9-14)18-20-17-7-5-4-6-16(17)19(23)21-18/h4-11,13H,12H2,1-3H3,(H,20,21,23)/t13-/m0/s1. The monoisotopic (exact) mass is 339 g/mol. The molecule has 5 heteroatoms. The second-order valence-electron chi connectivity index (χ2n) is 5.91. The van der Waals surface area contributed by atoms with E-state index in [1.54, 1.807) is 17.8 Å². The maximum atomic E-state index is 12.2. The van der Waals surface area contributed by atoms with Gasteiger partial charge >= 0.3 is 0 Å². The van der Waals surface area contributed by atoms with Crippen LogP contribution in [0.15, 0.2) is 58.2 Å². The molecule has 0 aliphatic carbocycles. The predicted octanol–water partition coefficient (Wildman–Crippen LogP) is 3.84. The Labute approximate surface area is 145 Å². The summed E-state index contributed by atoms with van der Waals surface area (Å²) in [6.45, 7) is 2.86. The lowest BCUT2D eigenvalue weighted by Crippen LogP contribution is -2.26. The smallest absolute Gasteiger partial charge is 0.258 e. The molecule has 0 bridgehead atoms. The number of aromatic amines is 1. The van der Waals surface area contributed by atoms with Crippen molar-refractivity contribution in [3.05, 3.63) is 70.3 Å². The van der Waals surface area contributed by atoms with E-state index in [9.17, 15) is 4.79 Å². The highest BCUT2D eigenvalue weighted by molar-refractivity contribution is 7.98. The van der Waals surface area contributed by atoms with Gasteiger partial charge in [0.15, 0.2) is 0 Å². The minimum Gasteiger partial charge on any atom is -0.309 e. The summed E-state index contributed by atoms with van der Waals surface area (Å²) in [5.41, 5.74) is 1.89. The van der Waals surface area contributed by atoms with E-state index in [0.29, 0.717) is 11.2 Å². The minimum absolute atomic E-state index is 0.0162. The Hall–Kier alpha value is -2.11. The average Bonchev–Trinajstić information content (AvgIpc) is 2.61. The van der Waals surface area contributed by atoms with E-state index in [0.717, 1.165) is 12.1 Å². The molecule has 2 aromatic carbocycles. The molecule has 0 aliphatic rings. The van der Waals surface area contributed by atoms with Gasteiger partial charge in [-0.15, -0.1) is 11.8 Å². The molecule has 1 heterocycles. The van der Waals surface area contributed by atoms with Gasteiger partial charge in [-0.3, -0.25) is 9.69 Å². The van der Waals surface area contributed by atoms with Gasteiger partial charge in [-0.2, -0.15) is 0 Å². The van der Waals surface area contributed by atoms with Crippen LogP contribution in [-0.2, 0) is 6.54 Å². The van der Waals surface area contributed by atoms with Gasteiger partial charge in [-0.1, -0.05) is 24.3 Å². The molecule has 124 valence electrons. The number of thioether (sulfide) groups is 1. The molecule has 1 atom stereocenters. The molecule has 0 amide bonds. The van der Waals surface area contributed by atoms with Crippen molar-refractivity contribution in [3.63, 3.8) is 0 Å². The quantitative estimate of drug-likeness (QED) is 0.718. The average molecular weight is 339 g/mol. The number of aromatic nitrogens is 2. The van der Waals surface area contributed by atoms with Crippen LogP contribution in [0.3, 0.4) is 0 Å². The third-order valence-corrected chi connectivity index (χ3v) is 5.02. The van der Waals surface area contributed by atoms with Crippen molar-refractivity contribution >= 4 is 22.7 Å². The van der Waals surface area contributed by atoms with Gasteiger partial charge in [0, 0.05) is 11.4 Å². The van der Waals surface area contributed by atoms with E-state index in [-0.39, 0.29) is 11.6 Å². The van der Waals surface area contributed by atoms with Crippen LogP contribution >= 0.6 is 11.8 Å². The van der Waals surface area contributed by atoms with E-state index in [4.69, 9.17) is 0 Å². The van der Waals surface area contributed by atoms with Crippen molar-refractivity contribution in [3.8, 4) is 0 Å². The maximum absolute atomic E-state index is 12.2. The number of hydrogen-bond donors (Lipinski definition) is 1. The first-order valence-corrected chi connectivity index (χ1v) is 9.13. The SMILES string of the molecule is CSc1ccc(CN(C)[C@@H](C)c2nc3ccccc3c(=O)[nH]2)cc1. The van der Waals surface area contributed by atoms with E-state index in [2.05, 4.69) is 52.3 Å². The number of nitrogens with one attached hydrogen (secondary N) is 1.